The molecule has 46 heavy (non-hydrogen) atoms. The number of nitrogens with zero attached hydrogens (tertiary/aromatic N) is 5. The third-order valence-corrected chi connectivity index (χ3v) is 9.40. The van der Waals surface area contributed by atoms with Crippen LogP contribution in [-0.2, 0) is 13.6 Å². The second kappa shape index (κ2) is 10.8. The first kappa shape index (κ1) is 28.5. The molecule has 8 rings (SSSR count). The number of fused-ring (bicyclic) bond motifs is 3. The first-order chi connectivity index (χ1) is 22.2. The molecule has 2 fully saturated rings. The van der Waals surface area contributed by atoms with Gasteiger partial charge in [-0.05, 0) is 78.8 Å². The van der Waals surface area contributed by atoms with E-state index in [0.29, 0.717) is 29.3 Å². The van der Waals surface area contributed by atoms with E-state index in [9.17, 15) is 14.3 Å². The Morgan fingerprint density at radius 2 is 1.76 bits per heavy atom. The highest BCUT2D eigenvalue weighted by Gasteiger charge is 2.30. The number of piperidine rings is 1. The van der Waals surface area contributed by atoms with E-state index < -0.39 is 6.17 Å². The number of imidazole rings is 1. The molecule has 3 aromatic carbocycles. The number of carbonyl (C=O) groups is 1. The summed E-state index contributed by atoms with van der Waals surface area (Å²) in [4.78, 5) is 24.3. The molecule has 0 spiro atoms. The van der Waals surface area contributed by atoms with Crippen LogP contribution in [-0.4, -0.2) is 67.4 Å². The van der Waals surface area contributed by atoms with E-state index in [-0.39, 0.29) is 30.8 Å². The van der Waals surface area contributed by atoms with E-state index >= 15 is 0 Å². The second-order valence-electron chi connectivity index (χ2n) is 12.8. The molecule has 6 aromatic rings. The molecule has 0 bridgehead atoms. The molecule has 10 heteroatoms. The van der Waals surface area contributed by atoms with Gasteiger partial charge in [-0.25, -0.2) is 14.4 Å². The highest BCUT2D eigenvalue weighted by molar-refractivity contribution is 6.00. The Bertz CT molecular complexity index is 2160. The summed E-state index contributed by atoms with van der Waals surface area (Å²) in [5.41, 5.74) is 12.9. The fourth-order valence-electron chi connectivity index (χ4n) is 6.91. The van der Waals surface area contributed by atoms with Crippen molar-refractivity contribution in [1.82, 2.24) is 24.0 Å². The maximum Gasteiger partial charge on any atom is 0.254 e. The molecule has 2 atom stereocenters. The number of rotatable bonds is 6. The quantitative estimate of drug-likeness (QED) is 0.235. The lowest BCUT2D eigenvalue weighted by molar-refractivity contribution is 0.0606. The Morgan fingerprint density at radius 3 is 2.54 bits per heavy atom. The number of ether oxygens (including phenoxy) is 1. The fourth-order valence-corrected chi connectivity index (χ4v) is 6.91. The number of aryl methyl sites for hydroxylation is 1. The van der Waals surface area contributed by atoms with Crippen LogP contribution in [0.5, 0.6) is 11.6 Å². The first-order valence-corrected chi connectivity index (χ1v) is 15.7. The SMILES string of the molecule is COc1cc(C(=O)N2C[C@H](N)C[C@@H](F)C2)cc2nc(-c3cc4ccc(-c5ccc6nc(O)ccc6c5)cc4n3CC3CC3)n(C)c12. The molecule has 1 saturated carbocycles. The molecule has 1 aliphatic heterocycles. The number of halogens is 1. The van der Waals surface area contributed by atoms with Crippen molar-refractivity contribution in [2.45, 2.75) is 38.0 Å². The Kier molecular flexibility index (Phi) is 6.72. The second-order valence-corrected chi connectivity index (χ2v) is 12.8. The zero-order chi connectivity index (χ0) is 31.7. The molecule has 2 aliphatic rings. The molecule has 1 amide bonds. The lowest BCUT2D eigenvalue weighted by Gasteiger charge is -2.33. The van der Waals surface area contributed by atoms with Gasteiger partial charge in [0.1, 0.15) is 17.4 Å². The van der Waals surface area contributed by atoms with Crippen LogP contribution in [0.3, 0.4) is 0 Å². The van der Waals surface area contributed by atoms with Crippen LogP contribution in [0.4, 0.5) is 4.39 Å². The van der Waals surface area contributed by atoms with E-state index in [2.05, 4.69) is 39.9 Å². The van der Waals surface area contributed by atoms with Crippen LogP contribution in [0.2, 0.25) is 0 Å². The van der Waals surface area contributed by atoms with Gasteiger partial charge in [0.05, 0.1) is 30.4 Å². The number of nitrogens with two attached hydrogens (primary N) is 1. The van der Waals surface area contributed by atoms with Gasteiger partial charge in [0.2, 0.25) is 5.88 Å². The average molecular weight is 619 g/mol. The Labute approximate surface area is 265 Å². The normalized spacial score (nSPS) is 18.6. The number of benzene rings is 3. The maximum absolute atomic E-state index is 14.3. The fraction of sp³-hybridized carbons (Fsp3) is 0.306. The highest BCUT2D eigenvalue weighted by atomic mass is 19.1. The number of hydrogen-bond donors (Lipinski definition) is 2. The molecule has 1 saturated heterocycles. The summed E-state index contributed by atoms with van der Waals surface area (Å²) < 4.78 is 24.5. The van der Waals surface area contributed by atoms with Crippen LogP contribution in [0.25, 0.3) is 55.5 Å². The molecule has 4 heterocycles. The predicted octanol–water partition coefficient (Wildman–Crippen LogP) is 6.05. The minimum absolute atomic E-state index is 0.0103. The van der Waals surface area contributed by atoms with Crippen LogP contribution in [0.15, 0.2) is 66.7 Å². The number of methoxy groups -OCH3 is 1. The molecule has 3 N–H and O–H groups in total. The monoisotopic (exact) mass is 618 g/mol. The van der Waals surface area contributed by atoms with Crippen LogP contribution in [0, 0.1) is 5.92 Å². The third-order valence-electron chi connectivity index (χ3n) is 9.40. The minimum atomic E-state index is -1.14. The molecule has 234 valence electrons. The van der Waals surface area contributed by atoms with Gasteiger partial charge in [-0.2, -0.15) is 0 Å². The number of pyridine rings is 1. The standard InChI is InChI=1S/C36H35FN6O3/c1-41-34-29(12-25(15-32(34)46-2)36(45)42-18-26(37)16-27(38)19-42)40-35(41)31-14-24-6-5-22(13-30(24)43(31)17-20-3-4-20)21-7-9-28-23(11-21)8-10-33(44)39-28/h5-15,20,26-27H,3-4,16-19,38H2,1-2H3,(H,39,44)/t26-,27-/m1/s1. The van der Waals surface area contributed by atoms with Gasteiger partial charge in [0, 0.05) is 54.1 Å². The zero-order valence-corrected chi connectivity index (χ0v) is 25.8. The lowest BCUT2D eigenvalue weighted by Crippen LogP contribution is -2.50. The summed E-state index contributed by atoms with van der Waals surface area (Å²) in [5, 5.41) is 11.9. The molecule has 0 radical (unpaired) electrons. The highest BCUT2D eigenvalue weighted by Crippen LogP contribution is 2.39. The van der Waals surface area contributed by atoms with Crippen molar-refractivity contribution < 1.29 is 19.0 Å². The molecule has 1 aliphatic carbocycles. The van der Waals surface area contributed by atoms with Gasteiger partial charge in [0.25, 0.3) is 5.91 Å². The zero-order valence-electron chi connectivity index (χ0n) is 25.8. The minimum Gasteiger partial charge on any atom is -0.494 e. The van der Waals surface area contributed by atoms with Crippen molar-refractivity contribution >= 4 is 38.7 Å². The predicted molar refractivity (Wildman–Crippen MR) is 177 cm³/mol. The van der Waals surface area contributed by atoms with Gasteiger partial charge >= 0.3 is 0 Å². The van der Waals surface area contributed by atoms with Crippen LogP contribution in [0.1, 0.15) is 29.6 Å². The van der Waals surface area contributed by atoms with E-state index in [1.165, 1.54) is 17.7 Å². The third kappa shape index (κ3) is 4.93. The van der Waals surface area contributed by atoms with E-state index in [1.807, 2.05) is 29.8 Å². The van der Waals surface area contributed by atoms with Gasteiger partial charge in [0.15, 0.2) is 5.82 Å². The first-order valence-electron chi connectivity index (χ1n) is 15.7. The van der Waals surface area contributed by atoms with Gasteiger partial charge in [-0.1, -0.05) is 18.2 Å². The summed E-state index contributed by atoms with van der Waals surface area (Å²) in [6.45, 7) is 1.23. The Morgan fingerprint density at radius 1 is 0.978 bits per heavy atom. The number of alkyl halides is 1. The maximum atomic E-state index is 14.3. The van der Waals surface area contributed by atoms with Gasteiger partial charge < -0.3 is 29.6 Å². The summed E-state index contributed by atoms with van der Waals surface area (Å²) in [6.07, 6.45) is 1.52. The molecular formula is C36H35FN6O3. The van der Waals surface area contributed by atoms with Gasteiger partial charge in [-0.3, -0.25) is 4.79 Å². The topological polar surface area (TPSA) is 111 Å². The van der Waals surface area contributed by atoms with Gasteiger partial charge in [-0.15, -0.1) is 0 Å². The lowest BCUT2D eigenvalue weighted by atomic mass is 10.0. The summed E-state index contributed by atoms with van der Waals surface area (Å²) in [6, 6.07) is 21.4. The van der Waals surface area contributed by atoms with Crippen molar-refractivity contribution in [3.8, 4) is 34.3 Å². The largest absolute Gasteiger partial charge is 0.494 e. The van der Waals surface area contributed by atoms with E-state index in [4.69, 9.17) is 15.5 Å². The number of aromatic nitrogens is 4. The van der Waals surface area contributed by atoms with Crippen LogP contribution >= 0.6 is 0 Å². The summed E-state index contributed by atoms with van der Waals surface area (Å²) in [7, 11) is 3.55. The summed E-state index contributed by atoms with van der Waals surface area (Å²) in [5.74, 6) is 1.65. The number of amides is 1. The Balaban J connectivity index is 1.23. The Hall–Kier alpha value is -4.96. The average Bonchev–Trinajstić information content (AvgIpc) is 3.72. The molecule has 3 aromatic heterocycles. The number of aromatic hydroxyl groups is 1. The summed E-state index contributed by atoms with van der Waals surface area (Å²) >= 11 is 0. The number of hydrogen-bond acceptors (Lipinski definition) is 6. The number of likely N-dealkylation sites (tertiary alicyclic amines) is 1. The number of carbonyl (C=O) groups excluding carboxylic acids is 1. The van der Waals surface area contributed by atoms with Crippen molar-refractivity contribution in [2.75, 3.05) is 20.2 Å². The van der Waals surface area contributed by atoms with Crippen molar-refractivity contribution in [3.63, 3.8) is 0 Å². The van der Waals surface area contributed by atoms with Crippen LogP contribution < -0.4 is 10.5 Å². The van der Waals surface area contributed by atoms with Crippen molar-refractivity contribution in [2.24, 2.45) is 18.7 Å². The van der Waals surface area contributed by atoms with E-state index in [1.54, 1.807) is 25.3 Å². The molecule has 0 unspecified atom stereocenters. The smallest absolute Gasteiger partial charge is 0.254 e. The van der Waals surface area contributed by atoms with Crippen molar-refractivity contribution in [1.29, 1.82) is 0 Å². The molecular weight excluding hydrogens is 583 g/mol. The molecule has 9 nitrogen and oxygen atoms in total. The van der Waals surface area contributed by atoms with E-state index in [0.717, 1.165) is 56.5 Å². The van der Waals surface area contributed by atoms with Crippen molar-refractivity contribution in [3.05, 3.63) is 72.3 Å².